The van der Waals surface area contributed by atoms with Crippen LogP contribution in [0, 0.1) is 11.8 Å². The van der Waals surface area contributed by atoms with Gasteiger partial charge in [-0.25, -0.2) is 0 Å². The van der Waals surface area contributed by atoms with Gasteiger partial charge in [-0.05, 0) is 18.3 Å². The van der Waals surface area contributed by atoms with Crippen molar-refractivity contribution in [3.8, 4) is 0 Å². The zero-order valence-corrected chi connectivity index (χ0v) is 9.24. The molecule has 2 aliphatic heterocycles. The number of nitrogens with zero attached hydrogens (tertiary/aromatic N) is 1. The summed E-state index contributed by atoms with van der Waals surface area (Å²) in [6.45, 7) is 7.72. The Morgan fingerprint density at radius 3 is 3.07 bits per heavy atom. The monoisotopic (exact) mass is 208 g/mol. The molecule has 0 saturated carbocycles. The highest BCUT2D eigenvalue weighted by Gasteiger charge is 2.30. The molecule has 1 unspecified atom stereocenters. The van der Waals surface area contributed by atoms with Crippen LogP contribution in [-0.4, -0.2) is 50.8 Å². The number of hydrogen-bond donors (Lipinski definition) is 1. The number of morpholine rings is 1. The summed E-state index contributed by atoms with van der Waals surface area (Å²) in [5, 5.41) is 3.45. The highest BCUT2D eigenvalue weighted by atomic mass is 16.5. The second-order valence-corrected chi connectivity index (χ2v) is 4.98. The molecular formula is C12H20N2O. The minimum atomic E-state index is 0.810. The van der Waals surface area contributed by atoms with Crippen LogP contribution in [0.3, 0.4) is 0 Å². The molecule has 0 amide bonds. The van der Waals surface area contributed by atoms with Gasteiger partial charge in [0.05, 0.1) is 13.2 Å². The van der Waals surface area contributed by atoms with Crippen molar-refractivity contribution in [2.75, 3.05) is 45.9 Å². The number of fused-ring (bicyclic) bond motifs is 1. The SMILES string of the molecule is C1=C2CNC[C@@H]2CC1CN1CCOCC1. The molecule has 0 aromatic rings. The molecule has 2 atom stereocenters. The van der Waals surface area contributed by atoms with Gasteiger partial charge < -0.3 is 10.1 Å². The maximum atomic E-state index is 5.37. The van der Waals surface area contributed by atoms with Crippen molar-refractivity contribution < 1.29 is 4.74 Å². The molecule has 0 radical (unpaired) electrons. The maximum absolute atomic E-state index is 5.37. The van der Waals surface area contributed by atoms with E-state index in [9.17, 15) is 0 Å². The zero-order valence-electron chi connectivity index (χ0n) is 9.24. The largest absolute Gasteiger partial charge is 0.379 e. The Bertz CT molecular complexity index is 258. The third kappa shape index (κ3) is 2.10. The summed E-state index contributed by atoms with van der Waals surface area (Å²) in [7, 11) is 0. The van der Waals surface area contributed by atoms with E-state index >= 15 is 0 Å². The first-order valence-electron chi connectivity index (χ1n) is 6.13. The highest BCUT2D eigenvalue weighted by Crippen LogP contribution is 2.33. The van der Waals surface area contributed by atoms with E-state index in [1.165, 1.54) is 19.5 Å². The van der Waals surface area contributed by atoms with E-state index in [4.69, 9.17) is 4.74 Å². The summed E-state index contributed by atoms with van der Waals surface area (Å²) >= 11 is 0. The Balaban J connectivity index is 1.54. The van der Waals surface area contributed by atoms with Crippen LogP contribution >= 0.6 is 0 Å². The van der Waals surface area contributed by atoms with Crippen LogP contribution in [-0.2, 0) is 4.74 Å². The quantitative estimate of drug-likeness (QED) is 0.668. The van der Waals surface area contributed by atoms with E-state index in [-0.39, 0.29) is 0 Å². The Morgan fingerprint density at radius 2 is 2.27 bits per heavy atom. The van der Waals surface area contributed by atoms with Gasteiger partial charge in [-0.3, -0.25) is 4.90 Å². The molecule has 3 rings (SSSR count). The lowest BCUT2D eigenvalue weighted by Gasteiger charge is -2.28. The van der Waals surface area contributed by atoms with E-state index in [0.717, 1.165) is 44.7 Å². The lowest BCUT2D eigenvalue weighted by molar-refractivity contribution is 0.0330. The van der Waals surface area contributed by atoms with E-state index in [1.54, 1.807) is 5.57 Å². The molecule has 2 saturated heterocycles. The predicted molar refractivity (Wildman–Crippen MR) is 59.8 cm³/mol. The van der Waals surface area contributed by atoms with Crippen LogP contribution < -0.4 is 5.32 Å². The second-order valence-electron chi connectivity index (χ2n) is 4.98. The molecule has 1 aliphatic carbocycles. The van der Waals surface area contributed by atoms with Gasteiger partial charge in [-0.15, -0.1) is 0 Å². The van der Waals surface area contributed by atoms with Crippen LogP contribution in [0.1, 0.15) is 6.42 Å². The highest BCUT2D eigenvalue weighted by molar-refractivity contribution is 5.21. The van der Waals surface area contributed by atoms with Crippen molar-refractivity contribution in [3.63, 3.8) is 0 Å². The topological polar surface area (TPSA) is 24.5 Å². The standard InChI is InChI=1S/C12H20N2O/c1-3-15-4-2-14(1)9-10-5-11-7-13-8-12(11)6-10/h5,10,12-13H,1-4,6-9H2/t10?,12-/m0/s1. The fourth-order valence-corrected chi connectivity index (χ4v) is 3.07. The van der Waals surface area contributed by atoms with Gasteiger partial charge >= 0.3 is 0 Å². The summed E-state index contributed by atoms with van der Waals surface area (Å²) in [6, 6.07) is 0. The Labute approximate surface area is 91.5 Å². The molecule has 0 bridgehead atoms. The van der Waals surface area contributed by atoms with Crippen molar-refractivity contribution >= 4 is 0 Å². The van der Waals surface area contributed by atoms with Gasteiger partial charge in [0.25, 0.3) is 0 Å². The van der Waals surface area contributed by atoms with E-state index in [0.29, 0.717) is 0 Å². The molecule has 0 aromatic carbocycles. The number of nitrogens with one attached hydrogen (secondary N) is 1. The first kappa shape index (κ1) is 9.82. The minimum Gasteiger partial charge on any atom is -0.379 e. The number of hydrogen-bond acceptors (Lipinski definition) is 3. The molecule has 3 aliphatic rings. The van der Waals surface area contributed by atoms with Gasteiger partial charge in [0.2, 0.25) is 0 Å². The normalized spacial score (nSPS) is 36.7. The van der Waals surface area contributed by atoms with Crippen molar-refractivity contribution in [1.29, 1.82) is 0 Å². The van der Waals surface area contributed by atoms with Crippen molar-refractivity contribution in [2.45, 2.75) is 6.42 Å². The summed E-state index contributed by atoms with van der Waals surface area (Å²) in [5.41, 5.74) is 1.67. The average Bonchev–Trinajstić information content (AvgIpc) is 2.79. The van der Waals surface area contributed by atoms with E-state index in [2.05, 4.69) is 16.3 Å². The minimum absolute atomic E-state index is 0.810. The summed E-state index contributed by atoms with van der Waals surface area (Å²) < 4.78 is 5.37. The molecule has 3 nitrogen and oxygen atoms in total. The van der Waals surface area contributed by atoms with E-state index in [1.807, 2.05) is 0 Å². The fraction of sp³-hybridized carbons (Fsp3) is 0.833. The summed E-state index contributed by atoms with van der Waals surface area (Å²) in [5.74, 6) is 1.67. The molecule has 2 heterocycles. The van der Waals surface area contributed by atoms with Crippen LogP contribution in [0.15, 0.2) is 11.6 Å². The van der Waals surface area contributed by atoms with Gasteiger partial charge in [0, 0.05) is 32.7 Å². The lowest BCUT2D eigenvalue weighted by Crippen LogP contribution is -2.39. The molecule has 1 N–H and O–H groups in total. The summed E-state index contributed by atoms with van der Waals surface area (Å²) in [4.78, 5) is 2.56. The molecule has 3 heteroatoms. The Morgan fingerprint density at radius 1 is 1.40 bits per heavy atom. The Hall–Kier alpha value is -0.380. The zero-order chi connectivity index (χ0) is 10.1. The maximum Gasteiger partial charge on any atom is 0.0594 e. The van der Waals surface area contributed by atoms with Crippen molar-refractivity contribution in [3.05, 3.63) is 11.6 Å². The van der Waals surface area contributed by atoms with Gasteiger partial charge in [-0.2, -0.15) is 0 Å². The average molecular weight is 208 g/mol. The van der Waals surface area contributed by atoms with Crippen LogP contribution in [0.5, 0.6) is 0 Å². The fourth-order valence-electron chi connectivity index (χ4n) is 3.07. The number of ether oxygens (including phenoxy) is 1. The smallest absolute Gasteiger partial charge is 0.0594 e. The second kappa shape index (κ2) is 4.24. The Kier molecular flexibility index (Phi) is 2.77. The van der Waals surface area contributed by atoms with Crippen molar-refractivity contribution in [1.82, 2.24) is 10.2 Å². The predicted octanol–water partition coefficient (Wildman–Crippen LogP) is 0.484. The third-order valence-electron chi connectivity index (χ3n) is 3.88. The summed E-state index contributed by atoms with van der Waals surface area (Å²) in [6.07, 6.45) is 3.90. The van der Waals surface area contributed by atoms with Gasteiger partial charge in [0.1, 0.15) is 0 Å². The van der Waals surface area contributed by atoms with Gasteiger partial charge in [-0.1, -0.05) is 11.6 Å². The van der Waals surface area contributed by atoms with Crippen molar-refractivity contribution in [2.24, 2.45) is 11.8 Å². The van der Waals surface area contributed by atoms with Crippen LogP contribution in [0.4, 0.5) is 0 Å². The lowest BCUT2D eigenvalue weighted by atomic mass is 10.0. The third-order valence-corrected chi connectivity index (χ3v) is 3.88. The molecule has 84 valence electrons. The first-order valence-corrected chi connectivity index (χ1v) is 6.13. The molecule has 0 spiro atoms. The molecule has 2 fully saturated rings. The molecule has 15 heavy (non-hydrogen) atoms. The molecular weight excluding hydrogens is 188 g/mol. The number of rotatable bonds is 2. The molecule has 0 aromatic heterocycles. The van der Waals surface area contributed by atoms with Crippen LogP contribution in [0.2, 0.25) is 0 Å². The van der Waals surface area contributed by atoms with Crippen LogP contribution in [0.25, 0.3) is 0 Å². The van der Waals surface area contributed by atoms with Gasteiger partial charge in [0.15, 0.2) is 0 Å². The first-order chi connectivity index (χ1) is 7.42. The van der Waals surface area contributed by atoms with E-state index < -0.39 is 0 Å².